The largest absolute Gasteiger partial charge is 0.470 e. The average Bonchev–Trinajstić information content (AvgIpc) is 2.66. The molecule has 2 heterocycles. The van der Waals surface area contributed by atoms with Gasteiger partial charge in [0, 0.05) is 24.5 Å². The molecule has 0 saturated carbocycles. The van der Waals surface area contributed by atoms with Gasteiger partial charge in [-0.2, -0.15) is 0 Å². The van der Waals surface area contributed by atoms with Gasteiger partial charge in [0.2, 0.25) is 0 Å². The van der Waals surface area contributed by atoms with Gasteiger partial charge in [0.25, 0.3) is 5.19 Å². The molecule has 1 aromatic heterocycles. The number of nitrogens with zero attached hydrogens (tertiary/aromatic N) is 3. The number of fused-ring (bicyclic) bond motifs is 1. The Morgan fingerprint density at radius 1 is 1.47 bits per heavy atom. The molecular weight excluding hydrogens is 234 g/mol. The Morgan fingerprint density at radius 3 is 3.06 bits per heavy atom. The van der Waals surface area contributed by atoms with E-state index in [4.69, 9.17) is 4.74 Å². The fourth-order valence-corrected chi connectivity index (χ4v) is 2.84. The third kappa shape index (κ3) is 3.66. The van der Waals surface area contributed by atoms with Crippen molar-refractivity contribution in [2.75, 3.05) is 40.8 Å². The first kappa shape index (κ1) is 12.8. The van der Waals surface area contributed by atoms with Gasteiger partial charge < -0.3 is 14.5 Å². The fourth-order valence-electron chi connectivity index (χ4n) is 1.91. The number of likely N-dealkylation sites (N-methyl/N-ethyl adjacent to an activating group) is 1. The minimum atomic E-state index is 0.764. The van der Waals surface area contributed by atoms with Crippen LogP contribution in [0.25, 0.3) is 0 Å². The van der Waals surface area contributed by atoms with Crippen molar-refractivity contribution >= 4 is 11.3 Å². The Bertz CT molecular complexity index is 365. The van der Waals surface area contributed by atoms with Crippen molar-refractivity contribution in [3.8, 4) is 5.19 Å². The van der Waals surface area contributed by atoms with Crippen molar-refractivity contribution in [3.63, 3.8) is 0 Å². The van der Waals surface area contributed by atoms with E-state index in [2.05, 4.69) is 35.9 Å². The Hall–Kier alpha value is -0.650. The molecule has 5 heteroatoms. The Balaban J connectivity index is 1.82. The maximum Gasteiger partial charge on any atom is 0.273 e. The van der Waals surface area contributed by atoms with E-state index in [-0.39, 0.29) is 0 Å². The van der Waals surface area contributed by atoms with Crippen LogP contribution < -0.4 is 4.74 Å². The summed E-state index contributed by atoms with van der Waals surface area (Å²) < 4.78 is 5.71. The summed E-state index contributed by atoms with van der Waals surface area (Å²) in [5, 5.41) is 0.851. The predicted molar refractivity (Wildman–Crippen MR) is 70.8 cm³/mol. The molecular formula is C12H21N3OS. The number of aromatic nitrogens is 1. The molecule has 1 aliphatic heterocycles. The van der Waals surface area contributed by atoms with Gasteiger partial charge in [-0.25, -0.2) is 4.98 Å². The summed E-state index contributed by atoms with van der Waals surface area (Å²) in [5.74, 6) is 0. The molecule has 0 aliphatic carbocycles. The summed E-state index contributed by atoms with van der Waals surface area (Å²) in [6, 6.07) is 0. The van der Waals surface area contributed by atoms with Gasteiger partial charge in [0.15, 0.2) is 0 Å². The predicted octanol–water partition coefficient (Wildman–Crippen LogP) is 1.46. The van der Waals surface area contributed by atoms with E-state index in [1.807, 2.05) is 0 Å². The number of thiazole rings is 1. The van der Waals surface area contributed by atoms with Crippen LogP contribution in [-0.4, -0.2) is 55.6 Å². The molecule has 0 spiro atoms. The second-order valence-corrected chi connectivity index (χ2v) is 5.89. The molecule has 0 radical (unpaired) electrons. The maximum atomic E-state index is 5.71. The molecule has 0 amide bonds. The van der Waals surface area contributed by atoms with E-state index in [9.17, 15) is 0 Å². The van der Waals surface area contributed by atoms with E-state index < -0.39 is 0 Å². The lowest BCUT2D eigenvalue weighted by Crippen LogP contribution is -2.25. The normalized spacial score (nSPS) is 16.2. The number of ether oxygens (including phenoxy) is 1. The summed E-state index contributed by atoms with van der Waals surface area (Å²) in [7, 11) is 6.30. The highest BCUT2D eigenvalue weighted by Gasteiger charge is 2.18. The lowest BCUT2D eigenvalue weighted by atomic mass is 10.2. The highest BCUT2D eigenvalue weighted by molar-refractivity contribution is 7.13. The molecule has 4 nitrogen and oxygen atoms in total. The van der Waals surface area contributed by atoms with Crippen LogP contribution in [0.15, 0.2) is 0 Å². The lowest BCUT2D eigenvalue weighted by Gasteiger charge is -2.20. The molecule has 1 aliphatic rings. The lowest BCUT2D eigenvalue weighted by molar-refractivity contribution is 0.277. The van der Waals surface area contributed by atoms with Crippen LogP contribution in [0, 0.1) is 0 Å². The van der Waals surface area contributed by atoms with Crippen molar-refractivity contribution in [2.45, 2.75) is 19.4 Å². The van der Waals surface area contributed by atoms with Gasteiger partial charge in [-0.15, -0.1) is 0 Å². The topological polar surface area (TPSA) is 28.6 Å². The van der Waals surface area contributed by atoms with Crippen molar-refractivity contribution in [1.29, 1.82) is 0 Å². The van der Waals surface area contributed by atoms with Crippen LogP contribution in [0.4, 0.5) is 0 Å². The van der Waals surface area contributed by atoms with Crippen LogP contribution in [0.2, 0.25) is 0 Å². The Labute approximate surface area is 107 Å². The van der Waals surface area contributed by atoms with E-state index in [1.165, 1.54) is 10.6 Å². The summed E-state index contributed by atoms with van der Waals surface area (Å²) in [6.07, 6.45) is 2.17. The molecule has 0 N–H and O–H groups in total. The average molecular weight is 255 g/mol. The molecule has 0 unspecified atom stereocenters. The number of hydrogen-bond donors (Lipinski definition) is 0. The first-order chi connectivity index (χ1) is 8.15. The SMILES string of the molecule is CN(C)CCCOc1nc2c(s1)CCN(C)C2. The molecule has 96 valence electrons. The highest BCUT2D eigenvalue weighted by atomic mass is 32.1. The van der Waals surface area contributed by atoms with E-state index in [1.54, 1.807) is 11.3 Å². The van der Waals surface area contributed by atoms with Crippen molar-refractivity contribution < 1.29 is 4.74 Å². The Kier molecular flexibility index (Phi) is 4.36. The minimum Gasteiger partial charge on any atom is -0.470 e. The third-order valence-electron chi connectivity index (χ3n) is 2.87. The second-order valence-electron chi connectivity index (χ2n) is 4.84. The molecule has 0 aromatic carbocycles. The maximum absolute atomic E-state index is 5.71. The zero-order valence-corrected chi connectivity index (χ0v) is 11.7. The molecule has 17 heavy (non-hydrogen) atoms. The van der Waals surface area contributed by atoms with E-state index in [0.29, 0.717) is 0 Å². The molecule has 0 atom stereocenters. The molecule has 2 rings (SSSR count). The number of hydrogen-bond acceptors (Lipinski definition) is 5. The van der Waals surface area contributed by atoms with E-state index >= 15 is 0 Å². The van der Waals surface area contributed by atoms with Crippen LogP contribution >= 0.6 is 11.3 Å². The summed E-state index contributed by atoms with van der Waals surface area (Å²) >= 11 is 1.72. The van der Waals surface area contributed by atoms with Crippen LogP contribution in [0.3, 0.4) is 0 Å². The monoisotopic (exact) mass is 255 g/mol. The third-order valence-corrected chi connectivity index (χ3v) is 3.94. The van der Waals surface area contributed by atoms with Crippen LogP contribution in [0.5, 0.6) is 5.19 Å². The van der Waals surface area contributed by atoms with Crippen LogP contribution in [-0.2, 0) is 13.0 Å². The zero-order chi connectivity index (χ0) is 12.3. The zero-order valence-electron chi connectivity index (χ0n) is 10.9. The first-order valence-electron chi connectivity index (χ1n) is 6.10. The van der Waals surface area contributed by atoms with Crippen molar-refractivity contribution in [3.05, 3.63) is 10.6 Å². The van der Waals surface area contributed by atoms with Crippen molar-refractivity contribution in [2.24, 2.45) is 0 Å². The summed E-state index contributed by atoms with van der Waals surface area (Å²) in [6.45, 7) is 3.93. The van der Waals surface area contributed by atoms with Gasteiger partial charge in [0.1, 0.15) is 0 Å². The van der Waals surface area contributed by atoms with Gasteiger partial charge in [-0.1, -0.05) is 11.3 Å². The molecule has 0 fully saturated rings. The first-order valence-corrected chi connectivity index (χ1v) is 6.91. The second kappa shape index (κ2) is 5.80. The minimum absolute atomic E-state index is 0.764. The number of rotatable bonds is 5. The van der Waals surface area contributed by atoms with Gasteiger partial charge in [-0.3, -0.25) is 0 Å². The fraction of sp³-hybridized carbons (Fsp3) is 0.750. The Morgan fingerprint density at radius 2 is 2.29 bits per heavy atom. The van der Waals surface area contributed by atoms with Crippen molar-refractivity contribution in [1.82, 2.24) is 14.8 Å². The molecule has 0 bridgehead atoms. The van der Waals surface area contributed by atoms with Gasteiger partial charge in [-0.05, 0) is 34.0 Å². The quantitative estimate of drug-likeness (QED) is 0.745. The molecule has 0 saturated heterocycles. The highest BCUT2D eigenvalue weighted by Crippen LogP contribution is 2.29. The van der Waals surface area contributed by atoms with Crippen LogP contribution in [0.1, 0.15) is 17.0 Å². The molecule has 1 aromatic rings. The van der Waals surface area contributed by atoms with Gasteiger partial charge >= 0.3 is 0 Å². The summed E-state index contributed by atoms with van der Waals surface area (Å²) in [4.78, 5) is 10.4. The smallest absolute Gasteiger partial charge is 0.273 e. The van der Waals surface area contributed by atoms with E-state index in [0.717, 1.165) is 44.3 Å². The van der Waals surface area contributed by atoms with Gasteiger partial charge in [0.05, 0.1) is 12.3 Å². The standard InChI is InChI=1S/C12H21N3OS/c1-14(2)6-4-8-16-12-13-10-9-15(3)7-5-11(10)17-12/h4-9H2,1-3H3. The summed E-state index contributed by atoms with van der Waals surface area (Å²) in [5.41, 5.74) is 1.21.